The fourth-order valence-corrected chi connectivity index (χ4v) is 2.09. The van der Waals surface area contributed by atoms with Crippen molar-refractivity contribution in [2.24, 2.45) is 5.10 Å². The van der Waals surface area contributed by atoms with E-state index in [1.54, 1.807) is 20.1 Å². The third kappa shape index (κ3) is 4.72. The molecule has 2 aromatic carbocycles. The Morgan fingerprint density at radius 1 is 1.22 bits per heavy atom. The average Bonchev–Trinajstić information content (AvgIpc) is 2.57. The normalized spacial score (nSPS) is 12.0. The molecule has 0 aromatic heterocycles. The minimum absolute atomic E-state index is 0.265. The fourth-order valence-electron chi connectivity index (χ4n) is 1.90. The second-order valence-corrected chi connectivity index (χ2v) is 5.23. The van der Waals surface area contributed by atoms with Crippen LogP contribution in [0.5, 0.6) is 5.75 Å². The van der Waals surface area contributed by atoms with Crippen molar-refractivity contribution < 1.29 is 9.53 Å². The van der Waals surface area contributed by atoms with Gasteiger partial charge >= 0.3 is 0 Å². The van der Waals surface area contributed by atoms with E-state index in [1.807, 2.05) is 42.5 Å². The molecule has 23 heavy (non-hydrogen) atoms. The summed E-state index contributed by atoms with van der Waals surface area (Å²) < 4.78 is 5.24. The van der Waals surface area contributed by atoms with Crippen molar-refractivity contribution in [1.82, 2.24) is 5.43 Å². The van der Waals surface area contributed by atoms with E-state index >= 15 is 0 Å². The molecule has 0 aliphatic heterocycles. The van der Waals surface area contributed by atoms with Gasteiger partial charge in [0.1, 0.15) is 11.8 Å². The molecular weight excluding hydrogens is 314 g/mol. The minimum Gasteiger partial charge on any atom is -0.495 e. The number of halogens is 1. The molecule has 1 unspecified atom stereocenters. The van der Waals surface area contributed by atoms with Crippen LogP contribution in [-0.4, -0.2) is 25.3 Å². The van der Waals surface area contributed by atoms with Crippen molar-refractivity contribution >= 4 is 29.4 Å². The number of anilines is 1. The number of nitrogens with zero attached hydrogens (tertiary/aromatic N) is 1. The number of hydrogen-bond donors (Lipinski definition) is 2. The quantitative estimate of drug-likeness (QED) is 0.630. The summed E-state index contributed by atoms with van der Waals surface area (Å²) in [7, 11) is 1.58. The van der Waals surface area contributed by atoms with Crippen molar-refractivity contribution in [2.45, 2.75) is 13.0 Å². The summed E-state index contributed by atoms with van der Waals surface area (Å²) in [6, 6.07) is 14.2. The van der Waals surface area contributed by atoms with Gasteiger partial charge in [0.05, 0.1) is 19.0 Å². The van der Waals surface area contributed by atoms with Crippen LogP contribution in [0.4, 0.5) is 5.69 Å². The van der Waals surface area contributed by atoms with Gasteiger partial charge in [-0.1, -0.05) is 41.9 Å². The number of hydrogen-bond acceptors (Lipinski definition) is 4. The summed E-state index contributed by atoms with van der Waals surface area (Å²) in [5.41, 5.74) is 3.96. The van der Waals surface area contributed by atoms with Gasteiger partial charge in [0.2, 0.25) is 0 Å². The fraction of sp³-hybridized carbons (Fsp3) is 0.176. The van der Waals surface area contributed by atoms with Crippen LogP contribution < -0.4 is 15.5 Å². The smallest absolute Gasteiger partial charge is 0.262 e. The lowest BCUT2D eigenvalue weighted by Gasteiger charge is -2.15. The van der Waals surface area contributed by atoms with E-state index in [1.165, 1.54) is 6.21 Å². The lowest BCUT2D eigenvalue weighted by atomic mass is 10.2. The first-order valence-electron chi connectivity index (χ1n) is 7.09. The van der Waals surface area contributed by atoms with Crippen LogP contribution in [0.15, 0.2) is 53.6 Å². The lowest BCUT2D eigenvalue weighted by Crippen LogP contribution is -2.35. The van der Waals surface area contributed by atoms with Crippen molar-refractivity contribution in [3.63, 3.8) is 0 Å². The number of ether oxygens (including phenoxy) is 1. The third-order valence-electron chi connectivity index (χ3n) is 3.16. The number of para-hydroxylation sites is 2. The van der Waals surface area contributed by atoms with Crippen molar-refractivity contribution in [3.8, 4) is 5.75 Å². The Hall–Kier alpha value is -2.53. The van der Waals surface area contributed by atoms with Gasteiger partial charge in [-0.25, -0.2) is 5.43 Å². The molecule has 2 rings (SSSR count). The molecule has 1 amide bonds. The van der Waals surface area contributed by atoms with Gasteiger partial charge in [0.25, 0.3) is 5.91 Å². The van der Waals surface area contributed by atoms with Gasteiger partial charge in [-0.2, -0.15) is 5.10 Å². The highest BCUT2D eigenvalue weighted by Crippen LogP contribution is 2.23. The summed E-state index contributed by atoms with van der Waals surface area (Å²) in [6.45, 7) is 1.74. The molecule has 2 N–H and O–H groups in total. The van der Waals surface area contributed by atoms with E-state index in [4.69, 9.17) is 16.3 Å². The second kappa shape index (κ2) is 8.19. The number of methoxy groups -OCH3 is 1. The Bertz CT molecular complexity index is 704. The van der Waals surface area contributed by atoms with E-state index < -0.39 is 6.04 Å². The average molecular weight is 332 g/mol. The largest absolute Gasteiger partial charge is 0.495 e. The van der Waals surface area contributed by atoms with Gasteiger partial charge in [-0.15, -0.1) is 0 Å². The Labute approximate surface area is 140 Å². The molecule has 0 radical (unpaired) electrons. The summed E-state index contributed by atoms with van der Waals surface area (Å²) in [5.74, 6) is 0.408. The standard InChI is InChI=1S/C17H18ClN3O2/c1-12(20-15-9-5-6-10-16(15)23-2)17(22)21-19-11-13-7-3-4-8-14(13)18/h3-12,20H,1-2H3,(H,21,22)/b19-11+. The third-order valence-corrected chi connectivity index (χ3v) is 3.50. The van der Waals surface area contributed by atoms with E-state index in [2.05, 4.69) is 15.8 Å². The molecule has 0 heterocycles. The predicted molar refractivity (Wildman–Crippen MR) is 93.3 cm³/mol. The second-order valence-electron chi connectivity index (χ2n) is 4.82. The number of amides is 1. The number of benzene rings is 2. The van der Waals surface area contributed by atoms with E-state index in [0.29, 0.717) is 10.8 Å². The molecule has 0 bridgehead atoms. The Morgan fingerprint density at radius 2 is 1.91 bits per heavy atom. The van der Waals surface area contributed by atoms with Crippen LogP contribution in [0.25, 0.3) is 0 Å². The van der Waals surface area contributed by atoms with Gasteiger partial charge in [-0.3, -0.25) is 4.79 Å². The summed E-state index contributed by atoms with van der Waals surface area (Å²) in [5, 5.41) is 7.59. The van der Waals surface area contributed by atoms with Crippen molar-refractivity contribution in [2.75, 3.05) is 12.4 Å². The van der Waals surface area contributed by atoms with Gasteiger partial charge in [-0.05, 0) is 25.1 Å². The highest BCUT2D eigenvalue weighted by molar-refractivity contribution is 6.33. The highest BCUT2D eigenvalue weighted by atomic mass is 35.5. The minimum atomic E-state index is -0.477. The molecule has 0 aliphatic carbocycles. The summed E-state index contributed by atoms with van der Waals surface area (Å²) in [4.78, 5) is 12.1. The zero-order valence-electron chi connectivity index (χ0n) is 12.9. The molecule has 0 spiro atoms. The molecule has 0 saturated heterocycles. The number of nitrogens with one attached hydrogen (secondary N) is 2. The maximum atomic E-state index is 12.1. The SMILES string of the molecule is COc1ccccc1NC(C)C(=O)N/N=C/c1ccccc1Cl. The van der Waals surface area contributed by atoms with E-state index in [9.17, 15) is 4.79 Å². The topological polar surface area (TPSA) is 62.7 Å². The molecule has 1 atom stereocenters. The van der Waals surface area contributed by atoms with Crippen LogP contribution >= 0.6 is 11.6 Å². The first-order chi connectivity index (χ1) is 11.1. The first-order valence-corrected chi connectivity index (χ1v) is 7.46. The zero-order chi connectivity index (χ0) is 16.7. The molecule has 120 valence electrons. The number of rotatable bonds is 6. The predicted octanol–water partition coefficient (Wildman–Crippen LogP) is 3.30. The monoisotopic (exact) mass is 331 g/mol. The molecule has 2 aromatic rings. The lowest BCUT2D eigenvalue weighted by molar-refractivity contribution is -0.121. The summed E-state index contributed by atoms with van der Waals surface area (Å²) in [6.07, 6.45) is 1.51. The molecule has 0 saturated carbocycles. The zero-order valence-corrected chi connectivity index (χ0v) is 13.7. The Morgan fingerprint density at radius 3 is 2.65 bits per heavy atom. The van der Waals surface area contributed by atoms with Crippen molar-refractivity contribution in [1.29, 1.82) is 0 Å². The first kappa shape index (κ1) is 16.8. The number of hydrazone groups is 1. The maximum absolute atomic E-state index is 12.1. The van der Waals surface area contributed by atoms with Gasteiger partial charge in [0, 0.05) is 10.6 Å². The van der Waals surface area contributed by atoms with Gasteiger partial charge in [0.15, 0.2) is 0 Å². The van der Waals surface area contributed by atoms with Crippen molar-refractivity contribution in [3.05, 3.63) is 59.1 Å². The highest BCUT2D eigenvalue weighted by Gasteiger charge is 2.13. The van der Waals surface area contributed by atoms with Crippen LogP contribution in [0, 0.1) is 0 Å². The van der Waals surface area contributed by atoms with Crippen LogP contribution in [0.1, 0.15) is 12.5 Å². The Kier molecular flexibility index (Phi) is 6.00. The van der Waals surface area contributed by atoms with E-state index in [-0.39, 0.29) is 5.91 Å². The molecule has 5 nitrogen and oxygen atoms in total. The molecule has 0 aliphatic rings. The van der Waals surface area contributed by atoms with Crippen LogP contribution in [-0.2, 0) is 4.79 Å². The van der Waals surface area contributed by atoms with Crippen LogP contribution in [0.2, 0.25) is 5.02 Å². The maximum Gasteiger partial charge on any atom is 0.262 e. The van der Waals surface area contributed by atoms with Crippen LogP contribution in [0.3, 0.4) is 0 Å². The van der Waals surface area contributed by atoms with E-state index in [0.717, 1.165) is 11.3 Å². The molecule has 6 heteroatoms. The number of carbonyl (C=O) groups excluding carboxylic acids is 1. The molecule has 0 fully saturated rings. The summed E-state index contributed by atoms with van der Waals surface area (Å²) >= 11 is 6.01. The number of carbonyl (C=O) groups is 1. The molecular formula is C17H18ClN3O2. The van der Waals surface area contributed by atoms with Gasteiger partial charge < -0.3 is 10.1 Å². The Balaban J connectivity index is 1.94.